The molecule has 0 aliphatic rings. The van der Waals surface area contributed by atoms with Gasteiger partial charge in [-0.1, -0.05) is 12.8 Å². The van der Waals surface area contributed by atoms with Crippen LogP contribution < -0.4 is 10.6 Å². The van der Waals surface area contributed by atoms with Crippen molar-refractivity contribution in [2.75, 3.05) is 13.2 Å². The third-order valence-corrected chi connectivity index (χ3v) is 3.00. The smallest absolute Gasteiger partial charge is 0.268 e. The van der Waals surface area contributed by atoms with Crippen molar-refractivity contribution >= 4 is 7.82 Å². The Morgan fingerprint density at radius 2 is 1.75 bits per heavy atom. The molecular formula is C10H23NO4P-. The van der Waals surface area contributed by atoms with E-state index in [1.54, 1.807) is 20.8 Å². The molecule has 0 amide bonds. The Bertz CT molecular complexity index is 227. The molecule has 0 aliphatic carbocycles. The zero-order valence-corrected chi connectivity index (χ0v) is 11.3. The summed E-state index contributed by atoms with van der Waals surface area (Å²) in [6.45, 7) is 5.86. The molecule has 0 saturated carbocycles. The lowest BCUT2D eigenvalue weighted by atomic mass is 10.2. The molecule has 0 rings (SSSR count). The summed E-state index contributed by atoms with van der Waals surface area (Å²) in [6.07, 6.45) is 3.60. The Balaban J connectivity index is 3.63. The summed E-state index contributed by atoms with van der Waals surface area (Å²) in [6, 6.07) is 0. The molecule has 0 aromatic carbocycles. The summed E-state index contributed by atoms with van der Waals surface area (Å²) in [4.78, 5) is 11.3. The van der Waals surface area contributed by atoms with Crippen LogP contribution in [0.25, 0.3) is 0 Å². The van der Waals surface area contributed by atoms with Gasteiger partial charge in [0.05, 0.1) is 12.2 Å². The van der Waals surface area contributed by atoms with E-state index in [1.165, 1.54) is 0 Å². The second-order valence-electron chi connectivity index (χ2n) is 4.69. The normalized spacial score (nSPS) is 16.1. The van der Waals surface area contributed by atoms with Gasteiger partial charge in [0.1, 0.15) is 0 Å². The molecular weight excluding hydrogens is 229 g/mol. The fourth-order valence-electron chi connectivity index (χ4n) is 1.14. The van der Waals surface area contributed by atoms with E-state index in [4.69, 9.17) is 14.8 Å². The highest BCUT2D eigenvalue weighted by atomic mass is 31.2. The van der Waals surface area contributed by atoms with Crippen LogP contribution in [0.4, 0.5) is 0 Å². The van der Waals surface area contributed by atoms with Crippen LogP contribution in [0, 0.1) is 0 Å². The fraction of sp³-hybridized carbons (Fsp3) is 1.00. The van der Waals surface area contributed by atoms with Crippen molar-refractivity contribution in [2.45, 2.75) is 52.1 Å². The van der Waals surface area contributed by atoms with Crippen LogP contribution in [0.1, 0.15) is 46.5 Å². The van der Waals surface area contributed by atoms with Gasteiger partial charge < -0.3 is 19.7 Å². The van der Waals surface area contributed by atoms with Crippen LogP contribution in [-0.2, 0) is 13.6 Å². The average Bonchev–Trinajstić information content (AvgIpc) is 2.06. The molecule has 0 spiro atoms. The quantitative estimate of drug-likeness (QED) is 0.526. The standard InChI is InChI=1S/C10H24NO4P/c1-10(2,3)15-16(12,13)14-9-7-5-4-6-8-11/h4-9,11H2,1-3H3,(H,12,13)/p-1. The summed E-state index contributed by atoms with van der Waals surface area (Å²) in [5.74, 6) is 0. The van der Waals surface area contributed by atoms with E-state index in [9.17, 15) is 9.46 Å². The largest absolute Gasteiger partial charge is 0.756 e. The molecule has 0 aromatic rings. The average molecular weight is 252 g/mol. The SMILES string of the molecule is CC(C)(C)OP(=O)([O-])OCCCCCCN. The molecule has 1 unspecified atom stereocenters. The minimum atomic E-state index is -4.14. The molecule has 0 aliphatic heterocycles. The number of nitrogens with two attached hydrogens (primary N) is 1. The highest BCUT2D eigenvalue weighted by Crippen LogP contribution is 2.42. The molecule has 5 nitrogen and oxygen atoms in total. The lowest BCUT2D eigenvalue weighted by Gasteiger charge is -2.30. The highest BCUT2D eigenvalue weighted by molar-refractivity contribution is 7.45. The van der Waals surface area contributed by atoms with Crippen LogP contribution in [-0.4, -0.2) is 18.8 Å². The first-order valence-corrected chi connectivity index (χ1v) is 7.09. The lowest BCUT2D eigenvalue weighted by Crippen LogP contribution is -2.22. The number of phosphoric acid groups is 1. The van der Waals surface area contributed by atoms with E-state index in [1.807, 2.05) is 0 Å². The topological polar surface area (TPSA) is 84.6 Å². The Morgan fingerprint density at radius 1 is 1.19 bits per heavy atom. The Hall–Kier alpha value is 0.0700. The van der Waals surface area contributed by atoms with Crippen molar-refractivity contribution in [3.05, 3.63) is 0 Å². The van der Waals surface area contributed by atoms with Crippen LogP contribution in [0.15, 0.2) is 0 Å². The van der Waals surface area contributed by atoms with Crippen molar-refractivity contribution < 1.29 is 18.5 Å². The highest BCUT2D eigenvalue weighted by Gasteiger charge is 2.19. The van der Waals surface area contributed by atoms with Gasteiger partial charge in [-0.3, -0.25) is 4.57 Å². The molecule has 2 N–H and O–H groups in total. The van der Waals surface area contributed by atoms with Crippen molar-refractivity contribution in [2.24, 2.45) is 5.73 Å². The van der Waals surface area contributed by atoms with Gasteiger partial charge in [-0.25, -0.2) is 0 Å². The summed E-state index contributed by atoms with van der Waals surface area (Å²) in [5.41, 5.74) is 4.60. The predicted molar refractivity (Wildman–Crippen MR) is 61.9 cm³/mol. The minimum absolute atomic E-state index is 0.182. The first-order valence-electron chi connectivity index (χ1n) is 5.63. The maximum absolute atomic E-state index is 11.3. The molecule has 98 valence electrons. The summed E-state index contributed by atoms with van der Waals surface area (Å²) < 4.78 is 20.8. The Morgan fingerprint density at radius 3 is 2.25 bits per heavy atom. The second kappa shape index (κ2) is 7.41. The van der Waals surface area contributed by atoms with Gasteiger partial charge in [-0.05, 0) is 40.2 Å². The number of unbranched alkanes of at least 4 members (excludes halogenated alkanes) is 3. The van der Waals surface area contributed by atoms with Crippen LogP contribution in [0.2, 0.25) is 0 Å². The van der Waals surface area contributed by atoms with E-state index in [0.717, 1.165) is 19.3 Å². The Labute approximate surface area is 97.9 Å². The molecule has 0 radical (unpaired) electrons. The van der Waals surface area contributed by atoms with Gasteiger partial charge in [-0.2, -0.15) is 0 Å². The molecule has 0 bridgehead atoms. The summed E-state index contributed by atoms with van der Waals surface area (Å²) >= 11 is 0. The zero-order valence-electron chi connectivity index (χ0n) is 10.4. The molecule has 16 heavy (non-hydrogen) atoms. The zero-order chi connectivity index (χ0) is 12.7. The monoisotopic (exact) mass is 252 g/mol. The maximum atomic E-state index is 11.3. The van der Waals surface area contributed by atoms with Crippen molar-refractivity contribution in [1.82, 2.24) is 0 Å². The van der Waals surface area contributed by atoms with Crippen LogP contribution in [0.3, 0.4) is 0 Å². The second-order valence-corrected chi connectivity index (χ2v) is 6.02. The van der Waals surface area contributed by atoms with Gasteiger partial charge in [0.25, 0.3) is 7.82 Å². The van der Waals surface area contributed by atoms with Gasteiger partial charge in [-0.15, -0.1) is 0 Å². The van der Waals surface area contributed by atoms with Gasteiger partial charge in [0.15, 0.2) is 0 Å². The minimum Gasteiger partial charge on any atom is -0.756 e. The fourth-order valence-corrected chi connectivity index (χ4v) is 2.21. The molecule has 1 atom stereocenters. The number of hydrogen-bond acceptors (Lipinski definition) is 5. The molecule has 0 fully saturated rings. The molecule has 0 saturated heterocycles. The third-order valence-electron chi connectivity index (χ3n) is 1.73. The Kier molecular flexibility index (Phi) is 7.44. The summed E-state index contributed by atoms with van der Waals surface area (Å²) in [5, 5.41) is 0. The van der Waals surface area contributed by atoms with Crippen LogP contribution >= 0.6 is 7.82 Å². The van der Waals surface area contributed by atoms with E-state index in [0.29, 0.717) is 13.0 Å². The van der Waals surface area contributed by atoms with E-state index < -0.39 is 13.4 Å². The predicted octanol–water partition coefficient (Wildman–Crippen LogP) is 1.81. The first-order chi connectivity index (χ1) is 7.27. The van der Waals surface area contributed by atoms with Crippen molar-refractivity contribution in [3.8, 4) is 0 Å². The molecule has 0 heterocycles. The summed E-state index contributed by atoms with van der Waals surface area (Å²) in [7, 11) is -4.14. The molecule has 6 heteroatoms. The molecule has 0 aromatic heterocycles. The van der Waals surface area contributed by atoms with Gasteiger partial charge in [0.2, 0.25) is 0 Å². The van der Waals surface area contributed by atoms with Crippen molar-refractivity contribution in [3.63, 3.8) is 0 Å². The van der Waals surface area contributed by atoms with E-state index >= 15 is 0 Å². The van der Waals surface area contributed by atoms with E-state index in [2.05, 4.69) is 0 Å². The van der Waals surface area contributed by atoms with Crippen LogP contribution in [0.5, 0.6) is 0 Å². The van der Waals surface area contributed by atoms with E-state index in [-0.39, 0.29) is 6.61 Å². The lowest BCUT2D eigenvalue weighted by molar-refractivity contribution is -0.233. The maximum Gasteiger partial charge on any atom is 0.268 e. The number of rotatable bonds is 8. The third kappa shape index (κ3) is 10.6. The number of hydrogen-bond donors (Lipinski definition) is 1. The van der Waals surface area contributed by atoms with Gasteiger partial charge in [0, 0.05) is 0 Å². The first kappa shape index (κ1) is 16.1. The van der Waals surface area contributed by atoms with Crippen molar-refractivity contribution in [1.29, 1.82) is 0 Å². The van der Waals surface area contributed by atoms with Gasteiger partial charge >= 0.3 is 0 Å². The number of phosphoric ester groups is 1.